The predicted molar refractivity (Wildman–Crippen MR) is 102 cm³/mol. The summed E-state index contributed by atoms with van der Waals surface area (Å²) in [6.45, 7) is 2.17. The highest BCUT2D eigenvalue weighted by atomic mass is 16.6. The minimum Gasteiger partial charge on any atom is -0.322 e. The molecule has 0 aliphatic rings. The van der Waals surface area contributed by atoms with Gasteiger partial charge in [-0.15, -0.1) is 0 Å². The maximum absolute atomic E-state index is 12.4. The lowest BCUT2D eigenvalue weighted by Crippen LogP contribution is -2.22. The second-order valence-corrected chi connectivity index (χ2v) is 6.13. The molecule has 0 spiro atoms. The Morgan fingerprint density at radius 2 is 1.70 bits per heavy atom. The van der Waals surface area contributed by atoms with Crippen molar-refractivity contribution in [2.24, 2.45) is 0 Å². The van der Waals surface area contributed by atoms with Gasteiger partial charge in [-0.3, -0.25) is 19.7 Å². The van der Waals surface area contributed by atoms with Gasteiger partial charge in [0.1, 0.15) is 0 Å². The summed E-state index contributed by atoms with van der Waals surface area (Å²) >= 11 is 0. The van der Waals surface area contributed by atoms with E-state index in [0.717, 1.165) is 11.1 Å². The Labute approximate surface area is 155 Å². The van der Waals surface area contributed by atoms with Crippen LogP contribution in [0.2, 0.25) is 0 Å². The number of hydrogen-bond acceptors (Lipinski definition) is 4. The van der Waals surface area contributed by atoms with E-state index in [2.05, 4.69) is 5.32 Å². The topological polar surface area (TPSA) is 94.2 Å². The Balaban J connectivity index is 1.79. The van der Waals surface area contributed by atoms with Crippen LogP contribution >= 0.6 is 0 Å². The van der Waals surface area contributed by atoms with E-state index in [1.165, 1.54) is 35.0 Å². The fourth-order valence-electron chi connectivity index (χ4n) is 2.55. The van der Waals surface area contributed by atoms with E-state index in [4.69, 9.17) is 0 Å². The zero-order valence-electron chi connectivity index (χ0n) is 14.6. The highest BCUT2D eigenvalue weighted by Gasteiger charge is 2.09. The number of nitrogens with zero attached hydrogens (tertiary/aromatic N) is 2. The minimum atomic E-state index is -0.480. The van der Waals surface area contributed by atoms with Gasteiger partial charge in [0, 0.05) is 30.1 Å². The monoisotopic (exact) mass is 363 g/mol. The quantitative estimate of drug-likeness (QED) is 0.555. The molecule has 0 saturated carbocycles. The molecule has 0 aliphatic carbocycles. The van der Waals surface area contributed by atoms with Crippen LogP contribution in [-0.4, -0.2) is 15.4 Å². The molecule has 0 unspecified atom stereocenters. The minimum absolute atomic E-state index is 0.0164. The lowest BCUT2D eigenvalue weighted by Gasteiger charge is -2.09. The van der Waals surface area contributed by atoms with Crippen LogP contribution < -0.4 is 10.9 Å². The molecule has 2 aromatic carbocycles. The summed E-state index contributed by atoms with van der Waals surface area (Å²) in [7, 11) is 0. The van der Waals surface area contributed by atoms with Crippen molar-refractivity contribution in [3.8, 4) is 0 Å². The second kappa shape index (κ2) is 7.65. The fraction of sp³-hybridized carbons (Fsp3) is 0.100. The fourth-order valence-corrected chi connectivity index (χ4v) is 2.55. The average molecular weight is 363 g/mol. The first-order valence-corrected chi connectivity index (χ1v) is 8.24. The molecule has 3 aromatic rings. The first-order valence-electron chi connectivity index (χ1n) is 8.24. The van der Waals surface area contributed by atoms with Crippen molar-refractivity contribution in [2.45, 2.75) is 13.5 Å². The number of nitro groups is 1. The second-order valence-electron chi connectivity index (χ2n) is 6.13. The van der Waals surface area contributed by atoms with Crippen LogP contribution in [0.5, 0.6) is 0 Å². The lowest BCUT2D eigenvalue weighted by atomic mass is 10.2. The maximum atomic E-state index is 12.4. The molecule has 0 bridgehead atoms. The van der Waals surface area contributed by atoms with Crippen LogP contribution in [0.3, 0.4) is 0 Å². The number of carbonyl (C=O) groups is 1. The van der Waals surface area contributed by atoms with E-state index in [9.17, 15) is 19.7 Å². The van der Waals surface area contributed by atoms with Gasteiger partial charge in [-0.25, -0.2) is 0 Å². The van der Waals surface area contributed by atoms with Crippen molar-refractivity contribution in [1.82, 2.24) is 4.57 Å². The summed E-state index contributed by atoms with van der Waals surface area (Å²) in [6.07, 6.45) is 1.48. The molecule has 136 valence electrons. The number of amides is 1. The standard InChI is InChI=1S/C20H17N3O4/c1-14-2-7-17(8-3-14)21-20(25)16-6-11-19(24)22(13-16)12-15-4-9-18(10-5-15)23(26)27/h2-11,13H,12H2,1H3,(H,21,25). The zero-order valence-corrected chi connectivity index (χ0v) is 14.6. The third kappa shape index (κ3) is 4.46. The molecule has 0 radical (unpaired) electrons. The van der Waals surface area contributed by atoms with Crippen LogP contribution in [-0.2, 0) is 6.54 Å². The summed E-state index contributed by atoms with van der Waals surface area (Å²) in [5.74, 6) is -0.323. The lowest BCUT2D eigenvalue weighted by molar-refractivity contribution is -0.384. The summed E-state index contributed by atoms with van der Waals surface area (Å²) in [6, 6.07) is 16.1. The number of aromatic nitrogens is 1. The van der Waals surface area contributed by atoms with Crippen LogP contribution in [0.4, 0.5) is 11.4 Å². The molecular formula is C20H17N3O4. The molecule has 0 atom stereocenters. The largest absolute Gasteiger partial charge is 0.322 e. The Morgan fingerprint density at radius 3 is 2.33 bits per heavy atom. The molecule has 0 saturated heterocycles. The number of nitrogens with one attached hydrogen (secondary N) is 1. The van der Waals surface area contributed by atoms with Gasteiger partial charge >= 0.3 is 0 Å². The number of carbonyl (C=O) groups excluding carboxylic acids is 1. The van der Waals surface area contributed by atoms with Crippen molar-refractivity contribution in [2.75, 3.05) is 5.32 Å². The molecule has 27 heavy (non-hydrogen) atoms. The molecule has 0 fully saturated rings. The molecular weight excluding hydrogens is 346 g/mol. The van der Waals surface area contributed by atoms with Gasteiger partial charge in [0.05, 0.1) is 17.0 Å². The van der Waals surface area contributed by atoms with E-state index in [0.29, 0.717) is 11.3 Å². The van der Waals surface area contributed by atoms with Gasteiger partial charge in [0.15, 0.2) is 0 Å². The van der Waals surface area contributed by atoms with Gasteiger partial charge < -0.3 is 9.88 Å². The Morgan fingerprint density at radius 1 is 1.04 bits per heavy atom. The third-order valence-electron chi connectivity index (χ3n) is 4.06. The van der Waals surface area contributed by atoms with Gasteiger partial charge in [0.25, 0.3) is 17.2 Å². The Bertz CT molecular complexity index is 1040. The average Bonchev–Trinajstić information content (AvgIpc) is 2.65. The van der Waals surface area contributed by atoms with E-state index in [-0.39, 0.29) is 23.7 Å². The SMILES string of the molecule is Cc1ccc(NC(=O)c2ccc(=O)n(Cc3ccc([N+](=O)[O-])cc3)c2)cc1. The smallest absolute Gasteiger partial charge is 0.269 e. The van der Waals surface area contributed by atoms with Crippen molar-refractivity contribution >= 4 is 17.3 Å². The van der Waals surface area contributed by atoms with Gasteiger partial charge in [-0.05, 0) is 30.7 Å². The summed E-state index contributed by atoms with van der Waals surface area (Å²) in [5, 5.41) is 13.5. The summed E-state index contributed by atoms with van der Waals surface area (Å²) < 4.78 is 1.39. The normalized spacial score (nSPS) is 10.4. The molecule has 1 N–H and O–H groups in total. The number of non-ortho nitro benzene ring substituents is 1. The van der Waals surface area contributed by atoms with Crippen molar-refractivity contribution < 1.29 is 9.72 Å². The number of aryl methyl sites for hydroxylation is 1. The number of nitro benzene ring substituents is 1. The van der Waals surface area contributed by atoms with Crippen molar-refractivity contribution in [1.29, 1.82) is 0 Å². The first kappa shape index (κ1) is 18.1. The predicted octanol–water partition coefficient (Wildman–Crippen LogP) is 3.37. The Hall–Kier alpha value is -3.74. The molecule has 7 nitrogen and oxygen atoms in total. The molecule has 1 amide bonds. The summed E-state index contributed by atoms with van der Waals surface area (Å²) in [4.78, 5) is 34.8. The van der Waals surface area contributed by atoms with Gasteiger partial charge in [-0.2, -0.15) is 0 Å². The van der Waals surface area contributed by atoms with E-state index < -0.39 is 4.92 Å². The van der Waals surface area contributed by atoms with Gasteiger partial charge in [0.2, 0.25) is 0 Å². The van der Waals surface area contributed by atoms with E-state index in [1.807, 2.05) is 19.1 Å². The number of anilines is 1. The van der Waals surface area contributed by atoms with Crippen molar-refractivity contribution in [3.63, 3.8) is 0 Å². The molecule has 0 aliphatic heterocycles. The molecule has 1 aromatic heterocycles. The van der Waals surface area contributed by atoms with Crippen LogP contribution in [0.1, 0.15) is 21.5 Å². The van der Waals surface area contributed by atoms with E-state index >= 15 is 0 Å². The molecule has 7 heteroatoms. The maximum Gasteiger partial charge on any atom is 0.269 e. The highest BCUT2D eigenvalue weighted by Crippen LogP contribution is 2.13. The number of benzene rings is 2. The van der Waals surface area contributed by atoms with E-state index in [1.54, 1.807) is 24.3 Å². The van der Waals surface area contributed by atoms with Crippen LogP contribution in [0.15, 0.2) is 71.7 Å². The summed E-state index contributed by atoms with van der Waals surface area (Å²) in [5.41, 5.74) is 2.54. The number of pyridine rings is 1. The molecule has 3 rings (SSSR count). The van der Waals surface area contributed by atoms with Crippen LogP contribution in [0.25, 0.3) is 0 Å². The van der Waals surface area contributed by atoms with Gasteiger partial charge in [-0.1, -0.05) is 29.8 Å². The van der Waals surface area contributed by atoms with Crippen LogP contribution in [0, 0.1) is 17.0 Å². The number of rotatable bonds is 5. The van der Waals surface area contributed by atoms with Crippen molar-refractivity contribution in [3.05, 3.63) is 104 Å². The number of hydrogen-bond donors (Lipinski definition) is 1. The third-order valence-corrected chi connectivity index (χ3v) is 4.06. The molecule has 1 heterocycles. The Kier molecular flexibility index (Phi) is 5.12. The zero-order chi connectivity index (χ0) is 19.4. The highest BCUT2D eigenvalue weighted by molar-refractivity contribution is 6.04. The first-order chi connectivity index (χ1) is 12.9.